The van der Waals surface area contributed by atoms with Gasteiger partial charge in [0.15, 0.2) is 0 Å². The molecule has 1 aromatic carbocycles. The predicted molar refractivity (Wildman–Crippen MR) is 245 cm³/mol. The van der Waals surface area contributed by atoms with Gasteiger partial charge in [-0.25, -0.2) is 4.79 Å². The number of nitrogens with one attached hydrogen (secondary N) is 8. The minimum atomic E-state index is -2.10. The Balaban J connectivity index is 3.32. The van der Waals surface area contributed by atoms with Gasteiger partial charge in [-0.05, 0) is 39.2 Å². The molecule has 1 aromatic rings. The van der Waals surface area contributed by atoms with E-state index in [2.05, 4.69) is 26.6 Å². The van der Waals surface area contributed by atoms with Crippen LogP contribution in [-0.2, 0) is 73.5 Å². The van der Waals surface area contributed by atoms with Crippen molar-refractivity contribution in [2.75, 3.05) is 0 Å². The smallest absolute Gasteiger partial charge is 0.326 e. The Hall–Kier alpha value is -8.32. The minimum Gasteiger partial charge on any atom is -0.481 e. The van der Waals surface area contributed by atoms with Gasteiger partial charge in [-0.15, -0.1) is 0 Å². The van der Waals surface area contributed by atoms with Crippen LogP contribution in [0.3, 0.4) is 0 Å². The highest BCUT2D eigenvalue weighted by Gasteiger charge is 2.38. The fraction of sp³-hybridized carbons (Fsp3) is 0.524. The molecule has 0 aliphatic carbocycles. The maximum Gasteiger partial charge on any atom is 0.326 e. The van der Waals surface area contributed by atoms with Crippen molar-refractivity contribution < 1.29 is 92.7 Å². The number of carboxylic acid groups (broad SMARTS) is 3. The predicted octanol–water partition coefficient (Wildman–Crippen LogP) is -8.34. The molecule has 0 aliphatic rings. The number of aliphatic hydroxyl groups is 2. The summed E-state index contributed by atoms with van der Waals surface area (Å²) in [6, 6.07) is -8.42. The summed E-state index contributed by atoms with van der Waals surface area (Å²) in [5.74, 6) is -17.9. The summed E-state index contributed by atoms with van der Waals surface area (Å²) in [5, 5.41) is 66.2. The van der Waals surface area contributed by atoms with Gasteiger partial charge in [0.25, 0.3) is 0 Å². The molecule has 0 bridgehead atoms. The van der Waals surface area contributed by atoms with Crippen LogP contribution in [0.4, 0.5) is 0 Å². The summed E-state index contributed by atoms with van der Waals surface area (Å²) >= 11 is 0. The second kappa shape index (κ2) is 30.4. The van der Waals surface area contributed by atoms with E-state index >= 15 is 0 Å². The van der Waals surface area contributed by atoms with E-state index in [4.69, 9.17) is 28.0 Å². The number of nitrogens with two attached hydrogens (primary N) is 4. The van der Waals surface area contributed by atoms with E-state index in [9.17, 15) is 87.5 Å². The largest absolute Gasteiger partial charge is 0.481 e. The van der Waals surface area contributed by atoms with E-state index in [1.54, 1.807) is 30.3 Å². The number of aliphatic hydroxyl groups excluding tert-OH is 2. The Labute approximate surface area is 415 Å². The van der Waals surface area contributed by atoms with Gasteiger partial charge in [-0.2, -0.15) is 0 Å². The van der Waals surface area contributed by atoms with Crippen molar-refractivity contribution in [1.29, 1.82) is 0 Å². The van der Waals surface area contributed by atoms with Crippen molar-refractivity contribution in [3.8, 4) is 0 Å². The van der Waals surface area contributed by atoms with Crippen LogP contribution in [0.5, 0.6) is 0 Å². The lowest BCUT2D eigenvalue weighted by Gasteiger charge is -2.29. The summed E-state index contributed by atoms with van der Waals surface area (Å²) in [6.45, 7) is 3.01. The van der Waals surface area contributed by atoms with E-state index in [1.165, 1.54) is 0 Å². The molecule has 11 amide bonds. The molecule has 0 radical (unpaired) electrons. The molecule has 0 saturated heterocycles. The number of aliphatic carboxylic acids is 3. The van der Waals surface area contributed by atoms with Crippen molar-refractivity contribution in [2.45, 2.75) is 139 Å². The number of amides is 11. The van der Waals surface area contributed by atoms with Crippen molar-refractivity contribution >= 4 is 82.9 Å². The zero-order valence-corrected chi connectivity index (χ0v) is 39.7. The summed E-state index contributed by atoms with van der Waals surface area (Å²) in [7, 11) is 0. The van der Waals surface area contributed by atoms with Gasteiger partial charge in [-0.3, -0.25) is 62.3 Å². The van der Waals surface area contributed by atoms with Gasteiger partial charge in [-0.1, -0.05) is 30.3 Å². The second-order valence-electron chi connectivity index (χ2n) is 16.5. The number of carboxylic acids is 3. The minimum absolute atomic E-state index is 0.254. The van der Waals surface area contributed by atoms with Gasteiger partial charge in [0.1, 0.15) is 48.3 Å². The van der Waals surface area contributed by atoms with Crippen LogP contribution in [0.1, 0.15) is 71.3 Å². The molecule has 31 nitrogen and oxygen atoms in total. The monoisotopic (exact) mass is 1040 g/mol. The fourth-order valence-electron chi connectivity index (χ4n) is 6.31. The van der Waals surface area contributed by atoms with Gasteiger partial charge in [0.2, 0.25) is 65.0 Å². The lowest BCUT2D eigenvalue weighted by atomic mass is 10.0. The number of hydrogen-bond donors (Lipinski definition) is 17. The first kappa shape index (κ1) is 62.7. The molecule has 0 aromatic heterocycles. The van der Waals surface area contributed by atoms with Gasteiger partial charge < -0.3 is 91.0 Å². The quantitative estimate of drug-likeness (QED) is 0.0311. The molecule has 31 heteroatoms. The highest BCUT2D eigenvalue weighted by molar-refractivity contribution is 6.00. The van der Waals surface area contributed by atoms with Crippen LogP contribution >= 0.6 is 0 Å². The lowest BCUT2D eigenvalue weighted by Crippen LogP contribution is -2.63. The number of rotatable bonds is 33. The van der Waals surface area contributed by atoms with Crippen LogP contribution in [0.25, 0.3) is 0 Å². The first-order chi connectivity index (χ1) is 33.9. The molecular formula is C42H62N12O19. The number of hydrogen-bond acceptors (Lipinski definition) is 17. The van der Waals surface area contributed by atoms with Crippen LogP contribution in [-0.4, -0.2) is 175 Å². The highest BCUT2D eigenvalue weighted by Crippen LogP contribution is 2.08. The maximum absolute atomic E-state index is 13.6. The maximum atomic E-state index is 13.6. The molecule has 0 saturated carbocycles. The molecule has 73 heavy (non-hydrogen) atoms. The SMILES string of the molecule is C[C@H](NC(=O)[C@H](CCC(=O)O)NC(=O)[C@@H](N)CC(N)=O)C(=O)N[C@@H](CCC(N)=O)C(=O)N[C@@H](CC(N)=O)C(=O)N[C@H](C(=O)N[C@H](C(=O)N[C@@H](CC(=O)O)C(=O)N[C@@H](Cc1ccccc1)C(=O)O)[C@@H](C)O)[C@@H](C)O. The average molecular weight is 1040 g/mol. The topological polar surface area (TPSA) is 540 Å². The molecule has 11 atom stereocenters. The molecule has 1 rings (SSSR count). The molecule has 404 valence electrons. The normalized spacial score (nSPS) is 15.4. The number of benzene rings is 1. The summed E-state index contributed by atoms with van der Waals surface area (Å²) in [6.07, 6.45) is -9.16. The van der Waals surface area contributed by atoms with Gasteiger partial charge >= 0.3 is 17.9 Å². The molecule has 0 spiro atoms. The van der Waals surface area contributed by atoms with Crippen LogP contribution in [0.2, 0.25) is 0 Å². The van der Waals surface area contributed by atoms with Crippen molar-refractivity contribution in [3.05, 3.63) is 35.9 Å². The Morgan fingerprint density at radius 2 is 0.863 bits per heavy atom. The second-order valence-corrected chi connectivity index (χ2v) is 16.5. The fourth-order valence-corrected chi connectivity index (χ4v) is 6.31. The van der Waals surface area contributed by atoms with Gasteiger partial charge in [0.05, 0.1) is 37.5 Å². The third kappa shape index (κ3) is 23.4. The Bertz CT molecular complexity index is 2210. The average Bonchev–Trinajstić information content (AvgIpc) is 3.28. The van der Waals surface area contributed by atoms with E-state index in [0.717, 1.165) is 20.8 Å². The van der Waals surface area contributed by atoms with Crippen LogP contribution < -0.4 is 65.5 Å². The summed E-state index contributed by atoms with van der Waals surface area (Å²) < 4.78 is 0. The molecule has 0 heterocycles. The third-order valence-electron chi connectivity index (χ3n) is 10.2. The van der Waals surface area contributed by atoms with E-state index in [0.29, 0.717) is 5.56 Å². The molecule has 0 unspecified atom stereocenters. The Morgan fingerprint density at radius 1 is 0.452 bits per heavy atom. The summed E-state index contributed by atoms with van der Waals surface area (Å²) in [4.78, 5) is 176. The summed E-state index contributed by atoms with van der Waals surface area (Å²) in [5.41, 5.74) is 21.7. The van der Waals surface area contributed by atoms with Crippen molar-refractivity contribution in [3.63, 3.8) is 0 Å². The zero-order valence-electron chi connectivity index (χ0n) is 39.7. The first-order valence-electron chi connectivity index (χ1n) is 22.0. The molecule has 0 fully saturated rings. The highest BCUT2D eigenvalue weighted by atomic mass is 16.4. The zero-order chi connectivity index (χ0) is 55.9. The van der Waals surface area contributed by atoms with Crippen molar-refractivity contribution in [2.24, 2.45) is 22.9 Å². The van der Waals surface area contributed by atoms with E-state index in [1.807, 2.05) is 16.0 Å². The Kier molecular flexibility index (Phi) is 26.1. The van der Waals surface area contributed by atoms with Crippen molar-refractivity contribution in [1.82, 2.24) is 42.5 Å². The Morgan fingerprint density at radius 3 is 1.34 bits per heavy atom. The molecular weight excluding hydrogens is 977 g/mol. The standard InChI is InChI=1S/C42H62N12O19/c1-17(47-36(66)23(10-12-30(60)61)49-35(65)21(43)14-28(45)58)34(64)48-22(9-11-27(44)57)37(67)50-24(15-29(46)59)39(69)53-33(19(3)56)41(71)54-32(18(2)55)40(70)51-25(16-31(62)63)38(68)52-26(42(72)73)13-20-7-5-4-6-8-20/h4-8,17-19,21-26,32-33,55-56H,9-16,43H2,1-3H3,(H2,44,57)(H2,45,58)(H2,46,59)(H,47,66)(H,48,64)(H,49,65)(H,50,67)(H,51,70)(H,52,68)(H,53,69)(H,54,71)(H,60,61)(H,62,63)(H,72,73)/t17-,18+,19+,21-,22-,23-,24-,25-,26-,32-,33-/m0/s1. The number of carbonyl (C=O) groups excluding carboxylic acids is 11. The van der Waals surface area contributed by atoms with E-state index in [-0.39, 0.29) is 6.42 Å². The van der Waals surface area contributed by atoms with Crippen LogP contribution in [0, 0.1) is 0 Å². The van der Waals surface area contributed by atoms with E-state index < -0.39 is 194 Å². The molecule has 21 N–H and O–H groups in total. The first-order valence-corrected chi connectivity index (χ1v) is 22.0. The molecule has 0 aliphatic heterocycles. The number of carbonyl (C=O) groups is 14. The van der Waals surface area contributed by atoms with Gasteiger partial charge in [0, 0.05) is 19.3 Å². The van der Waals surface area contributed by atoms with Crippen LogP contribution in [0.15, 0.2) is 30.3 Å². The lowest BCUT2D eigenvalue weighted by molar-refractivity contribution is -0.144. The number of primary amides is 3. The third-order valence-corrected chi connectivity index (χ3v) is 10.2.